The number of rotatable bonds is 6. The standard InChI is InChI=1S/C22H34N2O4.C2H2O4/c1-16-7-13-24(14-8-16)22(25)17-9-11-23(12-10-17)15-18-5-6-19(26-2)21(28-4)20(18)27-3;3-1(4)2(5)6/h5-6,16-17H,7-15H2,1-4H3;(H,3,4)(H,5,6). The van der Waals surface area contributed by atoms with Crippen LogP contribution in [0, 0.1) is 11.8 Å². The van der Waals surface area contributed by atoms with E-state index in [1.54, 1.807) is 21.3 Å². The van der Waals surface area contributed by atoms with Gasteiger partial charge in [-0.2, -0.15) is 0 Å². The highest BCUT2D eigenvalue weighted by Crippen LogP contribution is 2.40. The first-order chi connectivity index (χ1) is 16.2. The Kier molecular flexibility index (Phi) is 10.4. The van der Waals surface area contributed by atoms with Gasteiger partial charge in [0.15, 0.2) is 11.5 Å². The fraction of sp³-hybridized carbons (Fsp3) is 0.625. The Morgan fingerprint density at radius 2 is 1.41 bits per heavy atom. The molecule has 10 heteroatoms. The van der Waals surface area contributed by atoms with E-state index < -0.39 is 11.9 Å². The second kappa shape index (κ2) is 13.0. The van der Waals surface area contributed by atoms with Gasteiger partial charge in [-0.3, -0.25) is 9.69 Å². The molecule has 34 heavy (non-hydrogen) atoms. The summed E-state index contributed by atoms with van der Waals surface area (Å²) in [6.45, 7) is 6.79. The van der Waals surface area contributed by atoms with Crippen molar-refractivity contribution in [3.05, 3.63) is 17.7 Å². The summed E-state index contributed by atoms with van der Waals surface area (Å²) < 4.78 is 16.5. The van der Waals surface area contributed by atoms with Crippen molar-refractivity contribution in [3.8, 4) is 17.2 Å². The first kappa shape index (κ1) is 27.2. The van der Waals surface area contributed by atoms with E-state index >= 15 is 0 Å². The van der Waals surface area contributed by atoms with Crippen molar-refractivity contribution in [1.82, 2.24) is 9.80 Å². The highest BCUT2D eigenvalue weighted by atomic mass is 16.5. The molecule has 0 atom stereocenters. The smallest absolute Gasteiger partial charge is 0.414 e. The van der Waals surface area contributed by atoms with Crippen molar-refractivity contribution in [2.75, 3.05) is 47.5 Å². The van der Waals surface area contributed by atoms with Gasteiger partial charge in [0.25, 0.3) is 0 Å². The molecular weight excluding hydrogens is 444 g/mol. The number of ether oxygens (including phenoxy) is 3. The van der Waals surface area contributed by atoms with Crippen molar-refractivity contribution >= 4 is 17.8 Å². The molecule has 1 aromatic carbocycles. The summed E-state index contributed by atoms with van der Waals surface area (Å²) in [7, 11) is 4.91. The maximum absolute atomic E-state index is 12.8. The van der Waals surface area contributed by atoms with Crippen molar-refractivity contribution in [3.63, 3.8) is 0 Å². The minimum atomic E-state index is -1.82. The molecule has 0 aromatic heterocycles. The molecule has 2 N–H and O–H groups in total. The zero-order valence-corrected chi connectivity index (χ0v) is 20.4. The third-order valence-electron chi connectivity index (χ3n) is 6.39. The lowest BCUT2D eigenvalue weighted by molar-refractivity contribution is -0.159. The Hall–Kier alpha value is -3.01. The molecule has 3 rings (SSSR count). The fourth-order valence-corrected chi connectivity index (χ4v) is 4.35. The van der Waals surface area contributed by atoms with E-state index in [1.807, 2.05) is 12.1 Å². The number of carbonyl (C=O) groups excluding carboxylic acids is 1. The Balaban J connectivity index is 0.000000604. The van der Waals surface area contributed by atoms with Gasteiger partial charge in [0.1, 0.15) is 0 Å². The highest BCUT2D eigenvalue weighted by molar-refractivity contribution is 6.27. The molecule has 1 amide bonds. The number of benzene rings is 1. The minimum absolute atomic E-state index is 0.178. The number of hydrogen-bond acceptors (Lipinski definition) is 7. The van der Waals surface area contributed by atoms with Crippen molar-refractivity contribution < 1.29 is 38.8 Å². The second-order valence-electron chi connectivity index (χ2n) is 8.66. The van der Waals surface area contributed by atoms with Crippen LogP contribution in [0.25, 0.3) is 0 Å². The Bertz CT molecular complexity index is 832. The summed E-state index contributed by atoms with van der Waals surface area (Å²) >= 11 is 0. The predicted octanol–water partition coefficient (Wildman–Crippen LogP) is 2.34. The zero-order valence-electron chi connectivity index (χ0n) is 20.4. The molecule has 0 saturated carbocycles. The van der Waals surface area contributed by atoms with Gasteiger partial charge >= 0.3 is 11.9 Å². The van der Waals surface area contributed by atoms with Crippen LogP contribution in [0.4, 0.5) is 0 Å². The lowest BCUT2D eigenvalue weighted by Gasteiger charge is -2.37. The number of aliphatic carboxylic acids is 2. The molecular formula is C24H36N2O8. The highest BCUT2D eigenvalue weighted by Gasteiger charge is 2.30. The van der Waals surface area contributed by atoms with E-state index in [2.05, 4.69) is 16.7 Å². The Labute approximate surface area is 200 Å². The average Bonchev–Trinajstić information content (AvgIpc) is 2.84. The van der Waals surface area contributed by atoms with Crippen LogP contribution in [0.3, 0.4) is 0 Å². The van der Waals surface area contributed by atoms with Gasteiger partial charge in [-0.1, -0.05) is 13.0 Å². The van der Waals surface area contributed by atoms with Crippen molar-refractivity contribution in [2.45, 2.75) is 39.2 Å². The molecule has 0 unspecified atom stereocenters. The normalized spacial score (nSPS) is 17.4. The Morgan fingerprint density at radius 1 is 0.853 bits per heavy atom. The number of hydrogen-bond donors (Lipinski definition) is 2. The number of carboxylic acid groups (broad SMARTS) is 2. The number of nitrogens with zero attached hydrogens (tertiary/aromatic N) is 2. The molecule has 0 radical (unpaired) electrons. The summed E-state index contributed by atoms with van der Waals surface area (Å²) in [6.07, 6.45) is 4.15. The third kappa shape index (κ3) is 7.24. The van der Waals surface area contributed by atoms with E-state index in [1.165, 1.54) is 0 Å². The number of amides is 1. The monoisotopic (exact) mass is 480 g/mol. The van der Waals surface area contributed by atoms with Crippen LogP contribution in [-0.2, 0) is 20.9 Å². The SMILES string of the molecule is COc1ccc(CN2CCC(C(=O)N3CCC(C)CC3)CC2)c(OC)c1OC.O=C(O)C(=O)O. The van der Waals surface area contributed by atoms with Gasteiger partial charge in [0, 0.05) is 31.1 Å². The third-order valence-corrected chi connectivity index (χ3v) is 6.39. The molecule has 2 aliphatic rings. The van der Waals surface area contributed by atoms with Gasteiger partial charge in [-0.05, 0) is 50.8 Å². The number of piperidine rings is 2. The van der Waals surface area contributed by atoms with Crippen LogP contribution in [0.5, 0.6) is 17.2 Å². The molecule has 2 aliphatic heterocycles. The first-order valence-electron chi connectivity index (χ1n) is 11.5. The molecule has 0 aliphatic carbocycles. The molecule has 1 aromatic rings. The van der Waals surface area contributed by atoms with E-state index in [0.29, 0.717) is 17.4 Å². The van der Waals surface area contributed by atoms with Gasteiger partial charge in [0.2, 0.25) is 11.7 Å². The van der Waals surface area contributed by atoms with Gasteiger partial charge < -0.3 is 29.3 Å². The van der Waals surface area contributed by atoms with Gasteiger partial charge in [-0.25, -0.2) is 9.59 Å². The molecule has 0 bridgehead atoms. The summed E-state index contributed by atoms with van der Waals surface area (Å²) in [5, 5.41) is 14.8. The van der Waals surface area contributed by atoms with Crippen LogP contribution in [0.2, 0.25) is 0 Å². The van der Waals surface area contributed by atoms with E-state index in [4.69, 9.17) is 34.0 Å². The van der Waals surface area contributed by atoms with Gasteiger partial charge in [0.05, 0.1) is 21.3 Å². The van der Waals surface area contributed by atoms with E-state index in [0.717, 1.165) is 75.6 Å². The van der Waals surface area contributed by atoms with Crippen LogP contribution >= 0.6 is 0 Å². The van der Waals surface area contributed by atoms with Gasteiger partial charge in [-0.15, -0.1) is 0 Å². The number of carboxylic acids is 2. The van der Waals surface area contributed by atoms with Crippen molar-refractivity contribution in [1.29, 1.82) is 0 Å². The number of carbonyl (C=O) groups is 3. The number of likely N-dealkylation sites (tertiary alicyclic amines) is 2. The van der Waals surface area contributed by atoms with Crippen LogP contribution in [0.1, 0.15) is 38.2 Å². The van der Waals surface area contributed by atoms with Crippen molar-refractivity contribution in [2.24, 2.45) is 11.8 Å². The average molecular weight is 481 g/mol. The van der Waals surface area contributed by atoms with E-state index in [-0.39, 0.29) is 5.92 Å². The predicted molar refractivity (Wildman–Crippen MR) is 124 cm³/mol. The van der Waals surface area contributed by atoms with Crippen LogP contribution in [0.15, 0.2) is 12.1 Å². The number of methoxy groups -OCH3 is 3. The fourth-order valence-electron chi connectivity index (χ4n) is 4.35. The molecule has 2 heterocycles. The maximum Gasteiger partial charge on any atom is 0.414 e. The molecule has 190 valence electrons. The topological polar surface area (TPSA) is 126 Å². The molecule has 0 spiro atoms. The lowest BCUT2D eigenvalue weighted by atomic mass is 9.92. The summed E-state index contributed by atoms with van der Waals surface area (Å²) in [5.41, 5.74) is 1.08. The molecule has 2 saturated heterocycles. The maximum atomic E-state index is 12.8. The molecule has 2 fully saturated rings. The first-order valence-corrected chi connectivity index (χ1v) is 11.5. The second-order valence-corrected chi connectivity index (χ2v) is 8.66. The summed E-state index contributed by atoms with van der Waals surface area (Å²) in [4.78, 5) is 35.5. The summed E-state index contributed by atoms with van der Waals surface area (Å²) in [5.74, 6) is -0.322. The lowest BCUT2D eigenvalue weighted by Crippen LogP contribution is -2.45. The Morgan fingerprint density at radius 3 is 1.88 bits per heavy atom. The van der Waals surface area contributed by atoms with Crippen LogP contribution < -0.4 is 14.2 Å². The summed E-state index contributed by atoms with van der Waals surface area (Å²) in [6, 6.07) is 3.95. The molecule has 10 nitrogen and oxygen atoms in total. The van der Waals surface area contributed by atoms with E-state index in [9.17, 15) is 4.79 Å². The van der Waals surface area contributed by atoms with Crippen LogP contribution in [-0.4, -0.2) is 85.4 Å². The quantitative estimate of drug-likeness (QED) is 0.590. The largest absolute Gasteiger partial charge is 0.493 e. The minimum Gasteiger partial charge on any atom is -0.493 e. The zero-order chi connectivity index (χ0) is 25.3.